The van der Waals surface area contributed by atoms with Gasteiger partial charge in [0.15, 0.2) is 0 Å². The molecule has 0 bridgehead atoms. The molecule has 3 amide bonds. The Kier molecular flexibility index (Phi) is 10.1. The van der Waals surface area contributed by atoms with Crippen LogP contribution in [0.25, 0.3) is 0 Å². The van der Waals surface area contributed by atoms with Gasteiger partial charge in [0.1, 0.15) is 23.7 Å². The standard InChI is InChI=1S/C40H49N3O7/c1-24(2)21-29(23-44)43-36-38(47)42(30-22-25(3)17-18-26(30)4)20-12-19-40(36)34(37(43)46)33-31(50-40)15-10-11-16-32(45)41(6)27(5)35(49-39(33)48)28-13-8-7-9-14-28/h7-10,12-15,17-19,22,24,27,29,31,33-36,44H,11,16,20-21,23H2,1-6H3/b15-10-/t27-,29-,31-,33+,34+,35+,36-,40+/m1/s1. The number of hydrogen-bond acceptors (Lipinski definition) is 7. The zero-order valence-corrected chi connectivity index (χ0v) is 29.8. The monoisotopic (exact) mass is 683 g/mol. The first kappa shape index (κ1) is 35.5. The van der Waals surface area contributed by atoms with E-state index in [1.54, 1.807) is 29.0 Å². The van der Waals surface area contributed by atoms with E-state index in [0.717, 1.165) is 16.8 Å². The fraction of sp³-hybridized carbons (Fsp3) is 0.500. The van der Waals surface area contributed by atoms with Crippen molar-refractivity contribution in [1.82, 2.24) is 9.80 Å². The zero-order valence-electron chi connectivity index (χ0n) is 29.8. The number of likely N-dealkylation sites (N-methyl/N-ethyl adjacent to an activating group) is 1. The Bertz CT molecular complexity index is 1690. The molecule has 0 aromatic heterocycles. The highest BCUT2D eigenvalue weighted by atomic mass is 16.6. The molecule has 1 spiro atoms. The minimum Gasteiger partial charge on any atom is -0.455 e. The third-order valence-corrected chi connectivity index (χ3v) is 10.9. The van der Waals surface area contributed by atoms with E-state index in [0.29, 0.717) is 18.4 Å². The van der Waals surface area contributed by atoms with Crippen molar-refractivity contribution in [3.63, 3.8) is 0 Å². The van der Waals surface area contributed by atoms with Gasteiger partial charge in [-0.05, 0) is 62.3 Å². The van der Waals surface area contributed by atoms with Crippen molar-refractivity contribution >= 4 is 29.4 Å². The maximum absolute atomic E-state index is 15.0. The average Bonchev–Trinajstić information content (AvgIpc) is 3.49. The van der Waals surface area contributed by atoms with Crippen LogP contribution in [0.1, 0.15) is 62.8 Å². The third-order valence-electron chi connectivity index (χ3n) is 10.9. The van der Waals surface area contributed by atoms with Crippen LogP contribution in [0.4, 0.5) is 5.69 Å². The lowest BCUT2D eigenvalue weighted by Gasteiger charge is -2.39. The minimum absolute atomic E-state index is 0.0889. The quantitative estimate of drug-likeness (QED) is 0.348. The molecule has 2 saturated heterocycles. The first-order chi connectivity index (χ1) is 23.9. The number of nitrogens with zero attached hydrogens (tertiary/aromatic N) is 3. The summed E-state index contributed by atoms with van der Waals surface area (Å²) in [7, 11) is 1.71. The van der Waals surface area contributed by atoms with Gasteiger partial charge in [0.2, 0.25) is 11.8 Å². The Morgan fingerprint density at radius 1 is 1.00 bits per heavy atom. The van der Waals surface area contributed by atoms with Gasteiger partial charge in [-0.3, -0.25) is 19.2 Å². The van der Waals surface area contributed by atoms with E-state index in [1.807, 2.05) is 95.3 Å². The molecule has 0 saturated carbocycles. The van der Waals surface area contributed by atoms with Crippen molar-refractivity contribution < 1.29 is 33.8 Å². The molecule has 2 aromatic carbocycles. The SMILES string of the molecule is Cc1ccc(C)c(N2CC=C[C@]34O[C@@H]5/C=C\CCC(=O)N(C)[C@H](C)[C@@H](c6ccccc6)OC(=O)[C@@H]5[C@H]3C(=O)N([C@@H](CO)CC(C)C)[C@@H]4C2=O)c1. The summed E-state index contributed by atoms with van der Waals surface area (Å²) in [6.45, 7) is 9.66. The van der Waals surface area contributed by atoms with Gasteiger partial charge in [-0.1, -0.05) is 80.6 Å². The van der Waals surface area contributed by atoms with Gasteiger partial charge in [0.25, 0.3) is 5.91 Å². The number of fused-ring (bicyclic) bond motifs is 2. The van der Waals surface area contributed by atoms with Crippen LogP contribution in [0, 0.1) is 31.6 Å². The summed E-state index contributed by atoms with van der Waals surface area (Å²) < 4.78 is 13.3. The lowest BCUT2D eigenvalue weighted by Crippen LogP contribution is -2.58. The minimum atomic E-state index is -1.51. The number of aliphatic hydroxyl groups is 1. The summed E-state index contributed by atoms with van der Waals surface area (Å²) in [5.74, 6) is -3.56. The normalized spacial score (nSPS) is 31.4. The predicted molar refractivity (Wildman–Crippen MR) is 189 cm³/mol. The Morgan fingerprint density at radius 3 is 2.44 bits per heavy atom. The molecule has 266 valence electrons. The van der Waals surface area contributed by atoms with Crippen LogP contribution < -0.4 is 4.90 Å². The molecule has 10 nitrogen and oxygen atoms in total. The van der Waals surface area contributed by atoms with Crippen LogP contribution in [0.5, 0.6) is 0 Å². The van der Waals surface area contributed by atoms with Crippen molar-refractivity contribution in [2.24, 2.45) is 17.8 Å². The van der Waals surface area contributed by atoms with E-state index in [4.69, 9.17) is 9.47 Å². The number of aliphatic hydroxyl groups excluding tert-OH is 1. The van der Waals surface area contributed by atoms with Crippen LogP contribution in [0.3, 0.4) is 0 Å². The highest BCUT2D eigenvalue weighted by Crippen LogP contribution is 2.54. The smallest absolute Gasteiger partial charge is 0.313 e. The number of cyclic esters (lactones) is 1. The van der Waals surface area contributed by atoms with E-state index in [-0.39, 0.29) is 37.3 Å². The second-order valence-corrected chi connectivity index (χ2v) is 14.7. The number of carbonyl (C=O) groups is 4. The van der Waals surface area contributed by atoms with E-state index in [9.17, 15) is 19.5 Å². The molecule has 4 heterocycles. The van der Waals surface area contributed by atoms with Gasteiger partial charge < -0.3 is 29.3 Å². The first-order valence-corrected chi connectivity index (χ1v) is 17.7. The van der Waals surface area contributed by atoms with E-state index in [2.05, 4.69) is 0 Å². The molecular weight excluding hydrogens is 634 g/mol. The molecule has 2 aromatic rings. The Morgan fingerprint density at radius 2 is 1.74 bits per heavy atom. The number of hydrogen-bond donors (Lipinski definition) is 1. The van der Waals surface area contributed by atoms with E-state index < -0.39 is 59.6 Å². The highest BCUT2D eigenvalue weighted by molar-refractivity contribution is 6.06. The van der Waals surface area contributed by atoms with Crippen molar-refractivity contribution in [3.05, 3.63) is 89.5 Å². The summed E-state index contributed by atoms with van der Waals surface area (Å²) >= 11 is 0. The van der Waals surface area contributed by atoms with Crippen molar-refractivity contribution in [3.8, 4) is 0 Å². The van der Waals surface area contributed by atoms with Gasteiger partial charge in [-0.2, -0.15) is 0 Å². The van der Waals surface area contributed by atoms with Crippen molar-refractivity contribution in [2.75, 3.05) is 25.1 Å². The lowest BCUT2D eigenvalue weighted by atomic mass is 9.77. The van der Waals surface area contributed by atoms with Crippen LogP contribution in [-0.2, 0) is 28.7 Å². The number of rotatable bonds is 6. The van der Waals surface area contributed by atoms with Gasteiger partial charge in [0, 0.05) is 25.7 Å². The fourth-order valence-electron chi connectivity index (χ4n) is 8.27. The maximum Gasteiger partial charge on any atom is 0.313 e. The second-order valence-electron chi connectivity index (χ2n) is 14.7. The third kappa shape index (κ3) is 6.17. The largest absolute Gasteiger partial charge is 0.455 e. The number of allylic oxidation sites excluding steroid dienone is 1. The molecule has 10 heteroatoms. The summed E-state index contributed by atoms with van der Waals surface area (Å²) in [5.41, 5.74) is 1.83. The Hall–Kier alpha value is -4.28. The molecule has 0 unspecified atom stereocenters. The Labute approximate surface area is 294 Å². The number of ether oxygens (including phenoxy) is 2. The zero-order chi connectivity index (χ0) is 35.9. The number of likely N-dealkylation sites (tertiary alicyclic amines) is 1. The molecule has 4 aliphatic heterocycles. The number of amides is 3. The maximum atomic E-state index is 15.0. The Balaban J connectivity index is 1.49. The van der Waals surface area contributed by atoms with Gasteiger partial charge in [-0.15, -0.1) is 0 Å². The summed E-state index contributed by atoms with van der Waals surface area (Å²) in [4.78, 5) is 62.7. The average molecular weight is 684 g/mol. The van der Waals surface area contributed by atoms with E-state index in [1.165, 1.54) is 4.90 Å². The second kappa shape index (κ2) is 14.2. The summed E-state index contributed by atoms with van der Waals surface area (Å²) in [6.07, 6.45) is 6.59. The molecule has 1 N–H and O–H groups in total. The number of carbonyl (C=O) groups excluding carboxylic acids is 4. The van der Waals surface area contributed by atoms with Crippen LogP contribution >= 0.6 is 0 Å². The van der Waals surface area contributed by atoms with Crippen molar-refractivity contribution in [1.29, 1.82) is 0 Å². The van der Waals surface area contributed by atoms with Gasteiger partial charge in [-0.25, -0.2) is 0 Å². The molecule has 0 aliphatic carbocycles. The molecule has 0 radical (unpaired) electrons. The summed E-state index contributed by atoms with van der Waals surface area (Å²) in [5, 5.41) is 10.7. The topological polar surface area (TPSA) is 117 Å². The number of aryl methyl sites for hydroxylation is 2. The summed E-state index contributed by atoms with van der Waals surface area (Å²) in [6, 6.07) is 12.9. The molecule has 6 rings (SSSR count). The van der Waals surface area contributed by atoms with Crippen LogP contribution in [0.2, 0.25) is 0 Å². The fourth-order valence-corrected chi connectivity index (χ4v) is 8.27. The van der Waals surface area contributed by atoms with Gasteiger partial charge in [0.05, 0.1) is 30.7 Å². The van der Waals surface area contributed by atoms with Crippen LogP contribution in [-0.4, -0.2) is 88.6 Å². The van der Waals surface area contributed by atoms with E-state index >= 15 is 4.79 Å². The molecule has 50 heavy (non-hydrogen) atoms. The van der Waals surface area contributed by atoms with Gasteiger partial charge >= 0.3 is 5.97 Å². The van der Waals surface area contributed by atoms with Crippen molar-refractivity contribution in [2.45, 2.75) is 89.8 Å². The predicted octanol–water partition coefficient (Wildman–Crippen LogP) is 4.68. The highest BCUT2D eigenvalue weighted by Gasteiger charge is 2.72. The molecule has 4 aliphatic rings. The number of benzene rings is 2. The molecule has 8 atom stereocenters. The first-order valence-electron chi connectivity index (χ1n) is 17.7. The molecule has 2 fully saturated rings. The number of anilines is 1. The molecular formula is C40H49N3O7. The van der Waals surface area contributed by atoms with Crippen LogP contribution in [0.15, 0.2) is 72.8 Å². The number of esters is 1. The lowest BCUT2D eigenvalue weighted by molar-refractivity contribution is -0.164.